The molecule has 0 aliphatic heterocycles. The molecule has 0 radical (unpaired) electrons. The molecule has 1 atom stereocenters. The molecule has 2 aromatic rings. The SMILES string of the molecule is CC(N)CCC(=O)Nc1nc(-c2cccc(Br)c2)cs1. The van der Waals surface area contributed by atoms with E-state index in [9.17, 15) is 4.79 Å². The number of aromatic nitrogens is 1. The van der Waals surface area contributed by atoms with Crippen LogP contribution in [0.2, 0.25) is 0 Å². The van der Waals surface area contributed by atoms with E-state index in [0.717, 1.165) is 15.7 Å². The van der Waals surface area contributed by atoms with Gasteiger partial charge in [-0.2, -0.15) is 0 Å². The van der Waals surface area contributed by atoms with Crippen LogP contribution < -0.4 is 11.1 Å². The van der Waals surface area contributed by atoms with E-state index >= 15 is 0 Å². The molecule has 0 spiro atoms. The van der Waals surface area contributed by atoms with Crippen LogP contribution in [0.3, 0.4) is 0 Å². The van der Waals surface area contributed by atoms with Crippen LogP contribution in [0.1, 0.15) is 19.8 Å². The molecule has 1 unspecified atom stereocenters. The van der Waals surface area contributed by atoms with Crippen molar-refractivity contribution in [2.75, 3.05) is 5.32 Å². The van der Waals surface area contributed by atoms with Gasteiger partial charge in [0.25, 0.3) is 0 Å². The average Bonchev–Trinajstić information content (AvgIpc) is 2.85. The summed E-state index contributed by atoms with van der Waals surface area (Å²) in [6.45, 7) is 1.89. The van der Waals surface area contributed by atoms with Crippen LogP contribution in [0.5, 0.6) is 0 Å². The average molecular weight is 354 g/mol. The molecular formula is C14H16BrN3OS. The number of benzene rings is 1. The maximum absolute atomic E-state index is 11.7. The Bertz CT molecular complexity index is 598. The Kier molecular flexibility index (Phi) is 5.28. The number of amides is 1. The van der Waals surface area contributed by atoms with E-state index < -0.39 is 0 Å². The van der Waals surface area contributed by atoms with Crippen molar-refractivity contribution in [1.29, 1.82) is 0 Å². The predicted molar refractivity (Wildman–Crippen MR) is 86.8 cm³/mol. The van der Waals surface area contributed by atoms with E-state index in [2.05, 4.69) is 26.2 Å². The van der Waals surface area contributed by atoms with Gasteiger partial charge in [0.05, 0.1) is 5.69 Å². The Balaban J connectivity index is 2.00. The molecule has 1 aromatic carbocycles. The molecule has 4 nitrogen and oxygen atoms in total. The molecule has 0 saturated carbocycles. The molecule has 106 valence electrons. The van der Waals surface area contributed by atoms with Crippen molar-refractivity contribution in [3.05, 3.63) is 34.1 Å². The molecule has 1 aromatic heterocycles. The molecule has 0 aliphatic carbocycles. The van der Waals surface area contributed by atoms with Crippen molar-refractivity contribution in [3.63, 3.8) is 0 Å². The number of thiazole rings is 1. The first-order valence-corrected chi connectivity index (χ1v) is 7.99. The first kappa shape index (κ1) is 15.2. The number of anilines is 1. The van der Waals surface area contributed by atoms with Crippen LogP contribution in [0.15, 0.2) is 34.1 Å². The Morgan fingerprint density at radius 2 is 2.35 bits per heavy atom. The summed E-state index contributed by atoms with van der Waals surface area (Å²) in [5.41, 5.74) is 7.51. The highest BCUT2D eigenvalue weighted by molar-refractivity contribution is 9.10. The molecule has 6 heteroatoms. The lowest BCUT2D eigenvalue weighted by molar-refractivity contribution is -0.116. The third-order valence-corrected chi connectivity index (χ3v) is 3.95. The van der Waals surface area contributed by atoms with Gasteiger partial charge in [-0.15, -0.1) is 11.3 Å². The number of nitrogens with two attached hydrogens (primary N) is 1. The highest BCUT2D eigenvalue weighted by Gasteiger charge is 2.09. The van der Waals surface area contributed by atoms with Gasteiger partial charge < -0.3 is 11.1 Å². The summed E-state index contributed by atoms with van der Waals surface area (Å²) in [6.07, 6.45) is 1.10. The van der Waals surface area contributed by atoms with Crippen LogP contribution in [-0.2, 0) is 4.79 Å². The van der Waals surface area contributed by atoms with E-state index in [1.54, 1.807) is 0 Å². The van der Waals surface area contributed by atoms with Gasteiger partial charge in [0.1, 0.15) is 0 Å². The minimum atomic E-state index is -0.0440. The molecule has 3 N–H and O–H groups in total. The first-order valence-electron chi connectivity index (χ1n) is 6.31. The van der Waals surface area contributed by atoms with Crippen molar-refractivity contribution in [2.45, 2.75) is 25.8 Å². The zero-order chi connectivity index (χ0) is 14.5. The van der Waals surface area contributed by atoms with Crippen molar-refractivity contribution < 1.29 is 4.79 Å². The molecule has 20 heavy (non-hydrogen) atoms. The van der Waals surface area contributed by atoms with E-state index in [0.29, 0.717) is 18.0 Å². The number of halogens is 1. The Hall–Kier alpha value is -1.24. The molecule has 1 heterocycles. The fourth-order valence-corrected chi connectivity index (χ4v) is 2.79. The Morgan fingerprint density at radius 3 is 3.05 bits per heavy atom. The van der Waals surface area contributed by atoms with E-state index in [4.69, 9.17) is 5.73 Å². The smallest absolute Gasteiger partial charge is 0.226 e. The minimum Gasteiger partial charge on any atom is -0.328 e. The maximum atomic E-state index is 11.7. The summed E-state index contributed by atoms with van der Waals surface area (Å²) in [4.78, 5) is 16.1. The van der Waals surface area contributed by atoms with Crippen LogP contribution in [0, 0.1) is 0 Å². The molecule has 0 aliphatic rings. The summed E-state index contributed by atoms with van der Waals surface area (Å²) in [7, 11) is 0. The van der Waals surface area contributed by atoms with Gasteiger partial charge in [-0.25, -0.2) is 4.98 Å². The monoisotopic (exact) mass is 353 g/mol. The van der Waals surface area contributed by atoms with E-state index in [1.807, 2.05) is 36.6 Å². The van der Waals surface area contributed by atoms with Crippen LogP contribution in [-0.4, -0.2) is 16.9 Å². The zero-order valence-electron chi connectivity index (χ0n) is 11.1. The number of rotatable bonds is 5. The van der Waals surface area contributed by atoms with Crippen molar-refractivity contribution in [2.24, 2.45) is 5.73 Å². The van der Waals surface area contributed by atoms with Gasteiger partial charge in [-0.3, -0.25) is 4.79 Å². The molecule has 0 fully saturated rings. The fraction of sp³-hybridized carbons (Fsp3) is 0.286. The summed E-state index contributed by atoms with van der Waals surface area (Å²) in [5.74, 6) is -0.0440. The second-order valence-electron chi connectivity index (χ2n) is 4.61. The summed E-state index contributed by atoms with van der Waals surface area (Å²) in [5, 5.41) is 5.36. The predicted octanol–water partition coefficient (Wildman–Crippen LogP) is 3.64. The minimum absolute atomic E-state index is 0.0364. The molecule has 1 amide bonds. The molecular weight excluding hydrogens is 338 g/mol. The number of hydrogen-bond donors (Lipinski definition) is 2. The molecule has 2 rings (SSSR count). The molecule has 0 saturated heterocycles. The maximum Gasteiger partial charge on any atom is 0.226 e. The number of nitrogens with zero attached hydrogens (tertiary/aromatic N) is 1. The van der Waals surface area contributed by atoms with Gasteiger partial charge >= 0.3 is 0 Å². The third-order valence-electron chi connectivity index (χ3n) is 2.70. The number of carbonyl (C=O) groups is 1. The van der Waals surface area contributed by atoms with Gasteiger partial charge in [0.2, 0.25) is 5.91 Å². The largest absolute Gasteiger partial charge is 0.328 e. The lowest BCUT2D eigenvalue weighted by atomic mass is 10.2. The summed E-state index contributed by atoms with van der Waals surface area (Å²) < 4.78 is 1.01. The lowest BCUT2D eigenvalue weighted by Crippen LogP contribution is -2.19. The fourth-order valence-electron chi connectivity index (χ4n) is 1.65. The highest BCUT2D eigenvalue weighted by Crippen LogP contribution is 2.26. The second-order valence-corrected chi connectivity index (χ2v) is 6.39. The van der Waals surface area contributed by atoms with E-state index in [1.165, 1.54) is 11.3 Å². The van der Waals surface area contributed by atoms with Gasteiger partial charge in [-0.05, 0) is 25.5 Å². The van der Waals surface area contributed by atoms with Crippen molar-refractivity contribution in [1.82, 2.24) is 4.98 Å². The Morgan fingerprint density at radius 1 is 1.55 bits per heavy atom. The number of carbonyl (C=O) groups excluding carboxylic acids is 1. The zero-order valence-corrected chi connectivity index (χ0v) is 13.5. The normalized spacial score (nSPS) is 12.2. The first-order chi connectivity index (χ1) is 9.54. The quantitative estimate of drug-likeness (QED) is 0.861. The van der Waals surface area contributed by atoms with Crippen molar-refractivity contribution in [3.8, 4) is 11.3 Å². The summed E-state index contributed by atoms with van der Waals surface area (Å²) >= 11 is 4.86. The van der Waals surface area contributed by atoms with Gasteiger partial charge in [0, 0.05) is 27.9 Å². The molecule has 0 bridgehead atoms. The van der Waals surface area contributed by atoms with E-state index in [-0.39, 0.29) is 11.9 Å². The standard InChI is InChI=1S/C14H16BrN3OS/c1-9(16)5-6-13(19)18-14-17-12(8-20-14)10-3-2-4-11(15)7-10/h2-4,7-9H,5-6,16H2,1H3,(H,17,18,19). The van der Waals surface area contributed by atoms with Gasteiger partial charge in [0.15, 0.2) is 5.13 Å². The lowest BCUT2D eigenvalue weighted by Gasteiger charge is -2.04. The number of nitrogens with one attached hydrogen (secondary N) is 1. The second kappa shape index (κ2) is 6.97. The summed E-state index contributed by atoms with van der Waals surface area (Å²) in [6, 6.07) is 7.94. The van der Waals surface area contributed by atoms with Crippen LogP contribution >= 0.6 is 27.3 Å². The van der Waals surface area contributed by atoms with Crippen LogP contribution in [0.25, 0.3) is 11.3 Å². The third kappa shape index (κ3) is 4.40. The topological polar surface area (TPSA) is 68.0 Å². The van der Waals surface area contributed by atoms with Crippen molar-refractivity contribution >= 4 is 38.3 Å². The van der Waals surface area contributed by atoms with Crippen LogP contribution in [0.4, 0.5) is 5.13 Å². The number of hydrogen-bond acceptors (Lipinski definition) is 4. The van der Waals surface area contributed by atoms with Gasteiger partial charge in [-0.1, -0.05) is 28.1 Å². The Labute approximate surface area is 130 Å². The highest BCUT2D eigenvalue weighted by atomic mass is 79.9.